The van der Waals surface area contributed by atoms with Crippen LogP contribution in [0.2, 0.25) is 0 Å². The molecule has 3 heterocycles. The molecule has 1 saturated heterocycles. The number of nitrogens with zero attached hydrogens (tertiary/aromatic N) is 4. The standard InChI is InChI=1S/C18H17N5O2/c24-18(20-10-13-6-2-1-3-7-13)23-11-14(12-23)17-21-16(22-25-17)15-8-4-5-9-19-15/h1-9,14H,10-12H2,(H,20,24). The number of hydrogen-bond acceptors (Lipinski definition) is 5. The molecule has 2 aromatic heterocycles. The predicted octanol–water partition coefficient (Wildman–Crippen LogP) is 2.44. The molecule has 0 spiro atoms. The molecule has 1 N–H and O–H groups in total. The minimum absolute atomic E-state index is 0.0763. The summed E-state index contributed by atoms with van der Waals surface area (Å²) in [5.74, 6) is 1.10. The van der Waals surface area contributed by atoms with E-state index < -0.39 is 0 Å². The van der Waals surface area contributed by atoms with Crippen LogP contribution in [-0.2, 0) is 6.54 Å². The zero-order valence-corrected chi connectivity index (χ0v) is 13.5. The Hall–Kier alpha value is -3.22. The van der Waals surface area contributed by atoms with Crippen LogP contribution in [0.4, 0.5) is 4.79 Å². The fraction of sp³-hybridized carbons (Fsp3) is 0.222. The van der Waals surface area contributed by atoms with Gasteiger partial charge in [0.1, 0.15) is 5.69 Å². The molecular formula is C18H17N5O2. The molecule has 1 fully saturated rings. The molecule has 0 radical (unpaired) electrons. The number of urea groups is 1. The maximum atomic E-state index is 12.1. The summed E-state index contributed by atoms with van der Waals surface area (Å²) in [4.78, 5) is 22.5. The van der Waals surface area contributed by atoms with Crippen LogP contribution < -0.4 is 5.32 Å². The number of aromatic nitrogens is 3. The normalized spacial score (nSPS) is 14.2. The Bertz CT molecular complexity index is 844. The average molecular weight is 335 g/mol. The van der Waals surface area contributed by atoms with E-state index in [0.29, 0.717) is 37.0 Å². The third-order valence-corrected chi connectivity index (χ3v) is 4.14. The zero-order valence-electron chi connectivity index (χ0n) is 13.5. The van der Waals surface area contributed by atoms with Crippen molar-refractivity contribution in [1.82, 2.24) is 25.3 Å². The lowest BCUT2D eigenvalue weighted by atomic mass is 10.0. The van der Waals surface area contributed by atoms with E-state index in [4.69, 9.17) is 4.52 Å². The van der Waals surface area contributed by atoms with Crippen LogP contribution in [0.5, 0.6) is 0 Å². The average Bonchev–Trinajstić information content (AvgIpc) is 3.10. The van der Waals surface area contributed by atoms with Crippen LogP contribution in [0.1, 0.15) is 17.4 Å². The second-order valence-electron chi connectivity index (χ2n) is 5.92. The number of likely N-dealkylation sites (tertiary alicyclic amines) is 1. The topological polar surface area (TPSA) is 84.2 Å². The number of carbonyl (C=O) groups is 1. The van der Waals surface area contributed by atoms with Crippen LogP contribution >= 0.6 is 0 Å². The van der Waals surface area contributed by atoms with E-state index in [1.165, 1.54) is 0 Å². The molecule has 2 amide bonds. The number of hydrogen-bond donors (Lipinski definition) is 1. The number of benzene rings is 1. The molecule has 25 heavy (non-hydrogen) atoms. The highest BCUT2D eigenvalue weighted by molar-refractivity contribution is 5.75. The highest BCUT2D eigenvalue weighted by Gasteiger charge is 2.35. The lowest BCUT2D eigenvalue weighted by Gasteiger charge is -2.36. The fourth-order valence-electron chi connectivity index (χ4n) is 2.69. The van der Waals surface area contributed by atoms with Crippen molar-refractivity contribution in [1.29, 1.82) is 0 Å². The van der Waals surface area contributed by atoms with Gasteiger partial charge in [-0.2, -0.15) is 4.98 Å². The SMILES string of the molecule is O=C(NCc1ccccc1)N1CC(c2nc(-c3ccccn3)no2)C1. The molecule has 0 aliphatic carbocycles. The molecule has 7 nitrogen and oxygen atoms in total. The number of nitrogens with one attached hydrogen (secondary N) is 1. The molecule has 0 saturated carbocycles. The van der Waals surface area contributed by atoms with Crippen LogP contribution in [0.15, 0.2) is 59.3 Å². The molecular weight excluding hydrogens is 318 g/mol. The summed E-state index contributed by atoms with van der Waals surface area (Å²) < 4.78 is 5.32. The van der Waals surface area contributed by atoms with Crippen molar-refractivity contribution in [3.05, 3.63) is 66.2 Å². The van der Waals surface area contributed by atoms with Crippen LogP contribution in [0.25, 0.3) is 11.5 Å². The molecule has 3 aromatic rings. The smallest absolute Gasteiger partial charge is 0.317 e. The number of carbonyl (C=O) groups excluding carboxylic acids is 1. The second-order valence-corrected chi connectivity index (χ2v) is 5.92. The van der Waals surface area contributed by atoms with E-state index in [0.717, 1.165) is 5.56 Å². The Labute approximate surface area is 144 Å². The molecule has 0 atom stereocenters. The van der Waals surface area contributed by atoms with Gasteiger partial charge < -0.3 is 14.7 Å². The van der Waals surface area contributed by atoms with Crippen molar-refractivity contribution in [3.63, 3.8) is 0 Å². The van der Waals surface area contributed by atoms with Crippen molar-refractivity contribution >= 4 is 6.03 Å². The lowest BCUT2D eigenvalue weighted by Crippen LogP contribution is -2.52. The first kappa shape index (κ1) is 15.3. The van der Waals surface area contributed by atoms with Crippen molar-refractivity contribution in [2.45, 2.75) is 12.5 Å². The molecule has 1 aliphatic rings. The van der Waals surface area contributed by atoms with Crippen molar-refractivity contribution in [2.24, 2.45) is 0 Å². The van der Waals surface area contributed by atoms with Crippen LogP contribution in [0, 0.1) is 0 Å². The van der Waals surface area contributed by atoms with Crippen molar-refractivity contribution in [2.75, 3.05) is 13.1 Å². The highest BCUT2D eigenvalue weighted by Crippen LogP contribution is 2.27. The summed E-state index contributed by atoms with van der Waals surface area (Å²) in [6.07, 6.45) is 1.69. The van der Waals surface area contributed by atoms with E-state index >= 15 is 0 Å². The summed E-state index contributed by atoms with van der Waals surface area (Å²) in [5.41, 5.74) is 1.75. The third kappa shape index (κ3) is 3.35. The first-order valence-electron chi connectivity index (χ1n) is 8.11. The first-order chi connectivity index (χ1) is 12.3. The number of amides is 2. The first-order valence-corrected chi connectivity index (χ1v) is 8.11. The maximum absolute atomic E-state index is 12.1. The van der Waals surface area contributed by atoms with Gasteiger partial charge in [0.15, 0.2) is 0 Å². The monoisotopic (exact) mass is 335 g/mol. The summed E-state index contributed by atoms with van der Waals surface area (Å²) in [6.45, 7) is 1.67. The van der Waals surface area contributed by atoms with Gasteiger partial charge in [-0.15, -0.1) is 0 Å². The van der Waals surface area contributed by atoms with E-state index in [1.807, 2.05) is 48.5 Å². The highest BCUT2D eigenvalue weighted by atomic mass is 16.5. The largest absolute Gasteiger partial charge is 0.338 e. The van der Waals surface area contributed by atoms with Crippen LogP contribution in [0.3, 0.4) is 0 Å². The van der Waals surface area contributed by atoms with Gasteiger partial charge in [0.2, 0.25) is 11.7 Å². The molecule has 7 heteroatoms. The van der Waals surface area contributed by atoms with Gasteiger partial charge in [-0.1, -0.05) is 41.6 Å². The Kier molecular flexibility index (Phi) is 4.12. The Morgan fingerprint density at radius 2 is 1.96 bits per heavy atom. The number of pyridine rings is 1. The van der Waals surface area contributed by atoms with E-state index in [1.54, 1.807) is 11.1 Å². The van der Waals surface area contributed by atoms with Gasteiger partial charge in [0.25, 0.3) is 0 Å². The Morgan fingerprint density at radius 1 is 1.16 bits per heavy atom. The van der Waals surface area contributed by atoms with E-state index in [-0.39, 0.29) is 11.9 Å². The van der Waals surface area contributed by atoms with Gasteiger partial charge in [-0.3, -0.25) is 4.98 Å². The number of rotatable bonds is 4. The Morgan fingerprint density at radius 3 is 2.72 bits per heavy atom. The summed E-state index contributed by atoms with van der Waals surface area (Å²) in [7, 11) is 0. The minimum Gasteiger partial charge on any atom is -0.338 e. The van der Waals surface area contributed by atoms with Gasteiger partial charge in [-0.05, 0) is 17.7 Å². The zero-order chi connectivity index (χ0) is 17.1. The summed E-state index contributed by atoms with van der Waals surface area (Å²) >= 11 is 0. The maximum Gasteiger partial charge on any atom is 0.317 e. The van der Waals surface area contributed by atoms with Crippen LogP contribution in [-0.4, -0.2) is 39.1 Å². The second kappa shape index (κ2) is 6.72. The molecule has 1 aliphatic heterocycles. The lowest BCUT2D eigenvalue weighted by molar-refractivity contribution is 0.136. The van der Waals surface area contributed by atoms with Crippen molar-refractivity contribution < 1.29 is 9.32 Å². The fourth-order valence-corrected chi connectivity index (χ4v) is 2.69. The van der Waals surface area contributed by atoms with Gasteiger partial charge in [0, 0.05) is 25.8 Å². The van der Waals surface area contributed by atoms with Gasteiger partial charge in [-0.25, -0.2) is 4.79 Å². The van der Waals surface area contributed by atoms with Gasteiger partial charge in [0.05, 0.1) is 5.92 Å². The molecule has 1 aromatic carbocycles. The minimum atomic E-state index is -0.0791. The summed E-state index contributed by atoms with van der Waals surface area (Å²) in [6, 6.07) is 15.3. The molecule has 0 bridgehead atoms. The molecule has 0 unspecified atom stereocenters. The third-order valence-electron chi connectivity index (χ3n) is 4.14. The molecule has 4 rings (SSSR count). The Balaban J connectivity index is 1.30. The van der Waals surface area contributed by atoms with Gasteiger partial charge >= 0.3 is 6.03 Å². The van der Waals surface area contributed by atoms with Crippen molar-refractivity contribution in [3.8, 4) is 11.5 Å². The quantitative estimate of drug-likeness (QED) is 0.791. The van der Waals surface area contributed by atoms with E-state index in [9.17, 15) is 4.79 Å². The summed E-state index contributed by atoms with van der Waals surface area (Å²) in [5, 5.41) is 6.88. The molecule has 126 valence electrons. The predicted molar refractivity (Wildman–Crippen MR) is 90.5 cm³/mol. The van der Waals surface area contributed by atoms with E-state index in [2.05, 4.69) is 20.4 Å².